The van der Waals surface area contributed by atoms with Crippen LogP contribution in [-0.2, 0) is 11.2 Å². The Morgan fingerprint density at radius 1 is 1.16 bits per heavy atom. The highest BCUT2D eigenvalue weighted by atomic mass is 19.1. The van der Waals surface area contributed by atoms with Crippen molar-refractivity contribution in [2.24, 2.45) is 17.6 Å². The van der Waals surface area contributed by atoms with Gasteiger partial charge in [0.05, 0.1) is 6.04 Å². The molecule has 3 aliphatic rings. The highest BCUT2D eigenvalue weighted by Gasteiger charge is 2.50. The molecule has 1 saturated carbocycles. The fourth-order valence-electron chi connectivity index (χ4n) is 4.93. The zero-order valence-electron chi connectivity index (χ0n) is 14.2. The lowest BCUT2D eigenvalue weighted by atomic mass is 9.72. The SMILES string of the molecule is NC(Cc1cc(F)cc(F)c1)C1OC(=O)N2CC3CCCCC3CC12. The minimum atomic E-state index is -0.616. The van der Waals surface area contributed by atoms with Crippen molar-refractivity contribution in [2.75, 3.05) is 6.54 Å². The monoisotopic (exact) mass is 350 g/mol. The van der Waals surface area contributed by atoms with Gasteiger partial charge < -0.3 is 15.4 Å². The van der Waals surface area contributed by atoms with E-state index in [4.69, 9.17) is 10.5 Å². The summed E-state index contributed by atoms with van der Waals surface area (Å²) in [5, 5.41) is 0. The van der Waals surface area contributed by atoms with Crippen LogP contribution in [0.3, 0.4) is 0 Å². The van der Waals surface area contributed by atoms with Gasteiger partial charge in [-0.15, -0.1) is 0 Å². The third-order valence-corrected chi connectivity index (χ3v) is 6.11. The molecule has 1 aromatic rings. The predicted octanol–water partition coefficient (Wildman–Crippen LogP) is 3.23. The standard InChI is InChI=1S/C19H24F2N2O2/c20-14-5-11(6-15(21)9-14)7-16(22)18-17-8-12-3-1-2-4-13(12)10-23(17)19(24)25-18/h5-6,9,12-13,16-18H,1-4,7-8,10,22H2. The maximum atomic E-state index is 13.4. The van der Waals surface area contributed by atoms with Gasteiger partial charge in [-0.25, -0.2) is 13.6 Å². The Morgan fingerprint density at radius 3 is 2.56 bits per heavy atom. The topological polar surface area (TPSA) is 55.6 Å². The quantitative estimate of drug-likeness (QED) is 0.911. The molecule has 0 spiro atoms. The molecule has 1 amide bonds. The molecule has 6 heteroatoms. The van der Waals surface area contributed by atoms with Crippen LogP contribution in [0.1, 0.15) is 37.7 Å². The number of cyclic esters (lactones) is 1. The number of carbonyl (C=O) groups is 1. The van der Waals surface area contributed by atoms with E-state index in [1.807, 2.05) is 4.90 Å². The minimum Gasteiger partial charge on any atom is -0.442 e. The summed E-state index contributed by atoms with van der Waals surface area (Å²) >= 11 is 0. The van der Waals surface area contributed by atoms with E-state index in [-0.39, 0.29) is 18.6 Å². The molecule has 2 aliphatic heterocycles. The average Bonchev–Trinajstić information content (AvgIpc) is 2.88. The summed E-state index contributed by atoms with van der Waals surface area (Å²) in [6.45, 7) is 0.756. The van der Waals surface area contributed by atoms with Gasteiger partial charge in [0.25, 0.3) is 0 Å². The second-order valence-corrected chi connectivity index (χ2v) is 7.75. The van der Waals surface area contributed by atoms with E-state index in [1.54, 1.807) is 0 Å². The number of hydrogen-bond donors (Lipinski definition) is 1. The molecule has 1 aromatic carbocycles. The number of rotatable bonds is 3. The first-order valence-electron chi connectivity index (χ1n) is 9.19. The van der Waals surface area contributed by atoms with Crippen LogP contribution in [0.5, 0.6) is 0 Å². The second kappa shape index (κ2) is 6.56. The Morgan fingerprint density at radius 2 is 1.84 bits per heavy atom. The molecule has 136 valence electrons. The van der Waals surface area contributed by atoms with Crippen molar-refractivity contribution >= 4 is 6.09 Å². The summed E-state index contributed by atoms with van der Waals surface area (Å²) in [6, 6.07) is 2.93. The van der Waals surface area contributed by atoms with E-state index in [0.29, 0.717) is 17.4 Å². The molecule has 5 atom stereocenters. The third-order valence-electron chi connectivity index (χ3n) is 6.11. The highest BCUT2D eigenvalue weighted by Crippen LogP contribution is 2.42. The molecular weight excluding hydrogens is 326 g/mol. The predicted molar refractivity (Wildman–Crippen MR) is 88.9 cm³/mol. The van der Waals surface area contributed by atoms with Gasteiger partial charge in [-0.05, 0) is 48.8 Å². The van der Waals surface area contributed by atoms with Gasteiger partial charge in [-0.2, -0.15) is 0 Å². The van der Waals surface area contributed by atoms with E-state index >= 15 is 0 Å². The summed E-state index contributed by atoms with van der Waals surface area (Å²) < 4.78 is 32.4. The highest BCUT2D eigenvalue weighted by molar-refractivity contribution is 5.71. The molecule has 2 saturated heterocycles. The molecule has 0 radical (unpaired) electrons. The van der Waals surface area contributed by atoms with Gasteiger partial charge in [0.1, 0.15) is 17.7 Å². The molecule has 0 bridgehead atoms. The third kappa shape index (κ3) is 3.24. The number of ether oxygens (including phenoxy) is 1. The molecule has 4 nitrogen and oxygen atoms in total. The van der Waals surface area contributed by atoms with Crippen LogP contribution in [0.15, 0.2) is 18.2 Å². The number of benzene rings is 1. The number of halogens is 2. The summed E-state index contributed by atoms with van der Waals surface area (Å²) in [5.74, 6) is -0.0273. The number of piperidine rings is 1. The molecule has 5 unspecified atom stereocenters. The van der Waals surface area contributed by atoms with E-state index < -0.39 is 23.8 Å². The summed E-state index contributed by atoms with van der Waals surface area (Å²) in [4.78, 5) is 14.1. The summed E-state index contributed by atoms with van der Waals surface area (Å²) in [6.07, 6.45) is 5.38. The Bertz CT molecular complexity index is 649. The number of nitrogens with two attached hydrogens (primary N) is 1. The van der Waals surface area contributed by atoms with Crippen molar-refractivity contribution in [3.05, 3.63) is 35.4 Å². The van der Waals surface area contributed by atoms with E-state index in [2.05, 4.69) is 0 Å². The summed E-state index contributed by atoms with van der Waals surface area (Å²) in [7, 11) is 0. The number of fused-ring (bicyclic) bond motifs is 2. The molecule has 1 aliphatic carbocycles. The van der Waals surface area contributed by atoms with Gasteiger partial charge in [0.15, 0.2) is 0 Å². The number of hydrogen-bond acceptors (Lipinski definition) is 3. The van der Waals surface area contributed by atoms with E-state index in [1.165, 1.54) is 37.8 Å². The van der Waals surface area contributed by atoms with Crippen LogP contribution in [0.25, 0.3) is 0 Å². The van der Waals surface area contributed by atoms with Crippen molar-refractivity contribution in [2.45, 2.75) is 56.7 Å². The number of carbonyl (C=O) groups excluding carboxylic acids is 1. The van der Waals surface area contributed by atoms with E-state index in [9.17, 15) is 13.6 Å². The number of nitrogens with zero attached hydrogens (tertiary/aromatic N) is 1. The lowest BCUT2D eigenvalue weighted by Gasteiger charge is -2.43. The maximum Gasteiger partial charge on any atom is 0.410 e. The fraction of sp³-hybridized carbons (Fsp3) is 0.632. The zero-order chi connectivity index (χ0) is 17.6. The van der Waals surface area contributed by atoms with Crippen LogP contribution in [0.4, 0.5) is 13.6 Å². The van der Waals surface area contributed by atoms with Gasteiger partial charge >= 0.3 is 6.09 Å². The van der Waals surface area contributed by atoms with Crippen LogP contribution in [0, 0.1) is 23.5 Å². The van der Waals surface area contributed by atoms with Gasteiger partial charge in [-0.1, -0.05) is 19.3 Å². The molecule has 3 fully saturated rings. The Balaban J connectivity index is 1.49. The Hall–Kier alpha value is -1.69. The summed E-state index contributed by atoms with van der Waals surface area (Å²) in [5.41, 5.74) is 6.79. The molecule has 25 heavy (non-hydrogen) atoms. The first-order chi connectivity index (χ1) is 12.0. The van der Waals surface area contributed by atoms with Crippen LogP contribution in [-0.4, -0.2) is 35.7 Å². The van der Waals surface area contributed by atoms with Gasteiger partial charge in [0.2, 0.25) is 0 Å². The first kappa shape index (κ1) is 16.8. The van der Waals surface area contributed by atoms with Crippen molar-refractivity contribution in [3.63, 3.8) is 0 Å². The van der Waals surface area contributed by atoms with Crippen molar-refractivity contribution in [1.29, 1.82) is 0 Å². The average molecular weight is 350 g/mol. The molecule has 2 heterocycles. The van der Waals surface area contributed by atoms with Crippen LogP contribution >= 0.6 is 0 Å². The van der Waals surface area contributed by atoms with Gasteiger partial charge in [-0.3, -0.25) is 0 Å². The normalized spacial score (nSPS) is 32.8. The van der Waals surface area contributed by atoms with Crippen molar-refractivity contribution < 1.29 is 18.3 Å². The molecule has 4 rings (SSSR count). The smallest absolute Gasteiger partial charge is 0.410 e. The zero-order valence-corrected chi connectivity index (χ0v) is 14.2. The Labute approximate surface area is 146 Å². The minimum absolute atomic E-state index is 0.0137. The largest absolute Gasteiger partial charge is 0.442 e. The van der Waals surface area contributed by atoms with Gasteiger partial charge in [0, 0.05) is 18.7 Å². The van der Waals surface area contributed by atoms with Crippen LogP contribution in [0.2, 0.25) is 0 Å². The second-order valence-electron chi connectivity index (χ2n) is 7.75. The molecule has 2 N–H and O–H groups in total. The molecular formula is C19H24F2N2O2. The number of amides is 1. The Kier molecular flexibility index (Phi) is 4.40. The first-order valence-corrected chi connectivity index (χ1v) is 9.19. The maximum absolute atomic E-state index is 13.4. The van der Waals surface area contributed by atoms with E-state index in [0.717, 1.165) is 19.0 Å². The fourth-order valence-corrected chi connectivity index (χ4v) is 4.93. The van der Waals surface area contributed by atoms with Crippen molar-refractivity contribution in [1.82, 2.24) is 4.90 Å². The lowest BCUT2D eigenvalue weighted by Crippen LogP contribution is -2.52. The molecule has 0 aromatic heterocycles. The van der Waals surface area contributed by atoms with Crippen LogP contribution < -0.4 is 5.73 Å². The van der Waals surface area contributed by atoms with Crippen molar-refractivity contribution in [3.8, 4) is 0 Å². The lowest BCUT2D eigenvalue weighted by molar-refractivity contribution is 0.0644.